The number of hydrogen-bond donors (Lipinski definition) is 2. The molecule has 1 saturated carbocycles. The largest absolute Gasteiger partial charge is 0.390 e. The van der Waals surface area contributed by atoms with E-state index in [4.69, 9.17) is 5.26 Å². The van der Waals surface area contributed by atoms with E-state index in [1.54, 1.807) is 0 Å². The van der Waals surface area contributed by atoms with Gasteiger partial charge in [0.1, 0.15) is 6.10 Å². The molecule has 0 bridgehead atoms. The Morgan fingerprint density at radius 3 is 2.33 bits per heavy atom. The fraction of sp³-hybridized carbons (Fsp3) is 1.00. The van der Waals surface area contributed by atoms with Crippen molar-refractivity contribution in [2.24, 2.45) is 5.92 Å². The first kappa shape index (κ1) is 6.99. The summed E-state index contributed by atoms with van der Waals surface area (Å²) in [4.78, 5) is 4.04. The Balaban J connectivity index is 2.41. The summed E-state index contributed by atoms with van der Waals surface area (Å²) in [5.74, 6) is 0.266. The molecule has 0 aromatic rings. The highest BCUT2D eigenvalue weighted by Crippen LogP contribution is 2.26. The number of aliphatic hydroxyl groups excluding tert-OH is 1. The van der Waals surface area contributed by atoms with Crippen molar-refractivity contribution in [1.82, 2.24) is 0 Å². The molecule has 0 saturated heterocycles. The third-order valence-corrected chi connectivity index (χ3v) is 2.01. The van der Waals surface area contributed by atoms with Gasteiger partial charge in [0, 0.05) is 0 Å². The molecule has 0 amide bonds. The second-order valence-corrected chi connectivity index (χ2v) is 2.69. The van der Waals surface area contributed by atoms with Crippen molar-refractivity contribution >= 4 is 0 Å². The lowest BCUT2D eigenvalue weighted by molar-refractivity contribution is -0.292. The van der Waals surface area contributed by atoms with Crippen LogP contribution in [0.15, 0.2) is 0 Å². The summed E-state index contributed by atoms with van der Waals surface area (Å²) in [6.07, 6.45) is 0.876. The van der Waals surface area contributed by atoms with Crippen LogP contribution in [0, 0.1) is 5.92 Å². The van der Waals surface area contributed by atoms with E-state index < -0.39 is 6.10 Å². The molecule has 0 aliphatic heterocycles. The summed E-state index contributed by atoms with van der Waals surface area (Å²) in [5.41, 5.74) is 0. The smallest absolute Gasteiger partial charge is 0.119 e. The highest BCUT2D eigenvalue weighted by molar-refractivity contribution is 4.81. The first-order chi connectivity index (χ1) is 4.25. The van der Waals surface area contributed by atoms with E-state index >= 15 is 0 Å². The molecule has 3 nitrogen and oxygen atoms in total. The van der Waals surface area contributed by atoms with E-state index in [9.17, 15) is 5.11 Å². The Labute approximate surface area is 54.2 Å². The molecule has 1 aliphatic carbocycles. The van der Waals surface area contributed by atoms with Crippen LogP contribution in [0.2, 0.25) is 0 Å². The molecule has 0 heterocycles. The van der Waals surface area contributed by atoms with Crippen LogP contribution in [-0.2, 0) is 4.89 Å². The Hall–Kier alpha value is -0.120. The van der Waals surface area contributed by atoms with Gasteiger partial charge in [0.25, 0.3) is 0 Å². The molecular formula is C6H12O3. The highest BCUT2D eigenvalue weighted by atomic mass is 17.1. The van der Waals surface area contributed by atoms with Crippen LogP contribution >= 0.6 is 0 Å². The summed E-state index contributed by atoms with van der Waals surface area (Å²) in [6, 6.07) is 0. The minimum atomic E-state index is -0.477. The predicted octanol–water partition coefficient (Wildman–Crippen LogP) is 0.635. The van der Waals surface area contributed by atoms with Gasteiger partial charge in [0.05, 0.1) is 6.10 Å². The first-order valence-corrected chi connectivity index (χ1v) is 3.24. The van der Waals surface area contributed by atoms with Gasteiger partial charge in [-0.3, -0.25) is 5.26 Å². The van der Waals surface area contributed by atoms with E-state index in [0.29, 0.717) is 0 Å². The molecule has 2 N–H and O–H groups in total. The van der Waals surface area contributed by atoms with Crippen molar-refractivity contribution < 1.29 is 15.3 Å². The van der Waals surface area contributed by atoms with Gasteiger partial charge in [-0.25, -0.2) is 4.89 Å². The third kappa shape index (κ3) is 1.23. The summed E-state index contributed by atoms with van der Waals surface area (Å²) in [5, 5.41) is 17.4. The average molecular weight is 132 g/mol. The molecule has 9 heavy (non-hydrogen) atoms. The van der Waals surface area contributed by atoms with E-state index in [1.807, 2.05) is 6.92 Å². The Kier molecular flexibility index (Phi) is 2.05. The van der Waals surface area contributed by atoms with Gasteiger partial charge in [0.2, 0.25) is 0 Å². The van der Waals surface area contributed by atoms with E-state index in [-0.39, 0.29) is 12.0 Å². The summed E-state index contributed by atoms with van der Waals surface area (Å²) < 4.78 is 0. The van der Waals surface area contributed by atoms with Crippen molar-refractivity contribution in [3.05, 3.63) is 0 Å². The van der Waals surface area contributed by atoms with E-state index in [0.717, 1.165) is 12.8 Å². The molecule has 54 valence electrons. The summed E-state index contributed by atoms with van der Waals surface area (Å²) in [6.45, 7) is 1.95. The molecule has 3 unspecified atom stereocenters. The molecule has 0 spiro atoms. The van der Waals surface area contributed by atoms with Crippen LogP contribution in [-0.4, -0.2) is 22.6 Å². The van der Waals surface area contributed by atoms with Gasteiger partial charge < -0.3 is 5.11 Å². The molecule has 3 heteroatoms. The van der Waals surface area contributed by atoms with Gasteiger partial charge in [-0.2, -0.15) is 0 Å². The molecule has 1 aliphatic rings. The SMILES string of the molecule is CC1CCC(OO)C1O. The monoisotopic (exact) mass is 132 g/mol. The van der Waals surface area contributed by atoms with E-state index in [1.165, 1.54) is 0 Å². The van der Waals surface area contributed by atoms with Crippen LogP contribution in [0.3, 0.4) is 0 Å². The maximum absolute atomic E-state index is 9.17. The van der Waals surface area contributed by atoms with Crippen LogP contribution in [0.25, 0.3) is 0 Å². The molecule has 0 aromatic carbocycles. The van der Waals surface area contributed by atoms with Crippen LogP contribution in [0.5, 0.6) is 0 Å². The number of aliphatic hydroxyl groups is 1. The van der Waals surface area contributed by atoms with Crippen LogP contribution in [0.1, 0.15) is 19.8 Å². The fourth-order valence-corrected chi connectivity index (χ4v) is 1.25. The first-order valence-electron chi connectivity index (χ1n) is 3.24. The highest BCUT2D eigenvalue weighted by Gasteiger charge is 2.32. The zero-order chi connectivity index (χ0) is 6.85. The topological polar surface area (TPSA) is 49.7 Å². The van der Waals surface area contributed by atoms with Crippen molar-refractivity contribution in [2.75, 3.05) is 0 Å². The number of rotatable bonds is 1. The molecular weight excluding hydrogens is 120 g/mol. The van der Waals surface area contributed by atoms with Gasteiger partial charge >= 0.3 is 0 Å². The Morgan fingerprint density at radius 2 is 2.11 bits per heavy atom. The fourth-order valence-electron chi connectivity index (χ4n) is 1.25. The average Bonchev–Trinajstić information content (AvgIpc) is 2.15. The molecule has 0 aromatic heterocycles. The molecule has 1 fully saturated rings. The number of hydrogen-bond acceptors (Lipinski definition) is 3. The lowest BCUT2D eigenvalue weighted by Gasteiger charge is -2.12. The van der Waals surface area contributed by atoms with Gasteiger partial charge in [0.15, 0.2) is 0 Å². The molecule has 1 rings (SSSR count). The van der Waals surface area contributed by atoms with Crippen molar-refractivity contribution in [2.45, 2.75) is 32.0 Å². The van der Waals surface area contributed by atoms with Gasteiger partial charge in [-0.1, -0.05) is 6.92 Å². The summed E-state index contributed by atoms with van der Waals surface area (Å²) in [7, 11) is 0. The minimum absolute atomic E-state index is 0.266. The molecule has 3 atom stereocenters. The molecule has 0 radical (unpaired) electrons. The summed E-state index contributed by atoms with van der Waals surface area (Å²) >= 11 is 0. The Morgan fingerprint density at radius 1 is 1.44 bits per heavy atom. The Bertz CT molecular complexity index is 94.3. The van der Waals surface area contributed by atoms with Crippen molar-refractivity contribution in [3.63, 3.8) is 0 Å². The van der Waals surface area contributed by atoms with Crippen LogP contribution in [0.4, 0.5) is 0 Å². The third-order valence-electron chi connectivity index (χ3n) is 2.01. The maximum Gasteiger partial charge on any atom is 0.119 e. The predicted molar refractivity (Wildman–Crippen MR) is 31.9 cm³/mol. The van der Waals surface area contributed by atoms with Crippen LogP contribution < -0.4 is 0 Å². The second-order valence-electron chi connectivity index (χ2n) is 2.69. The van der Waals surface area contributed by atoms with Gasteiger partial charge in [-0.05, 0) is 18.8 Å². The maximum atomic E-state index is 9.17. The minimum Gasteiger partial charge on any atom is -0.390 e. The zero-order valence-electron chi connectivity index (χ0n) is 5.45. The zero-order valence-corrected chi connectivity index (χ0v) is 5.45. The normalized spacial score (nSPS) is 43.7. The second kappa shape index (κ2) is 2.64. The lowest BCUT2D eigenvalue weighted by Crippen LogP contribution is -2.25. The van der Waals surface area contributed by atoms with Gasteiger partial charge in [-0.15, -0.1) is 0 Å². The quantitative estimate of drug-likeness (QED) is 0.406. The standard InChI is InChI=1S/C6H12O3/c1-4-2-3-5(9-8)6(4)7/h4-8H,2-3H2,1H3. The van der Waals surface area contributed by atoms with E-state index in [2.05, 4.69) is 4.89 Å². The van der Waals surface area contributed by atoms with Crippen molar-refractivity contribution in [3.8, 4) is 0 Å². The van der Waals surface area contributed by atoms with Crippen molar-refractivity contribution in [1.29, 1.82) is 0 Å². The lowest BCUT2D eigenvalue weighted by atomic mass is 10.1.